The third-order valence-electron chi connectivity index (χ3n) is 3.57. The molecular formula is C15H19NO4. The molecule has 20 heavy (non-hydrogen) atoms. The zero-order valence-electron chi connectivity index (χ0n) is 11.5. The molecule has 1 amide bonds. The van der Waals surface area contributed by atoms with Gasteiger partial charge in [-0.15, -0.1) is 0 Å². The lowest BCUT2D eigenvalue weighted by Crippen LogP contribution is -2.42. The molecule has 0 spiro atoms. The number of aryl methyl sites for hydroxylation is 1. The number of amides is 1. The van der Waals surface area contributed by atoms with E-state index >= 15 is 0 Å². The number of carbonyl (C=O) groups excluding carboxylic acids is 1. The lowest BCUT2D eigenvalue weighted by molar-refractivity contribution is -0.142. The van der Waals surface area contributed by atoms with Crippen LogP contribution in [0.2, 0.25) is 0 Å². The van der Waals surface area contributed by atoms with Crippen LogP contribution in [-0.4, -0.2) is 29.6 Å². The molecule has 1 saturated carbocycles. The molecule has 1 aromatic rings. The molecule has 5 heteroatoms. The number of hydrogen-bond acceptors (Lipinski definition) is 3. The van der Waals surface area contributed by atoms with Crippen molar-refractivity contribution in [3.05, 3.63) is 29.8 Å². The van der Waals surface area contributed by atoms with Gasteiger partial charge in [-0.1, -0.05) is 24.1 Å². The van der Waals surface area contributed by atoms with Crippen molar-refractivity contribution in [3.8, 4) is 5.75 Å². The van der Waals surface area contributed by atoms with Crippen LogP contribution in [0.3, 0.4) is 0 Å². The lowest BCUT2D eigenvalue weighted by atomic mass is 10.0. The van der Waals surface area contributed by atoms with Gasteiger partial charge in [0.1, 0.15) is 5.75 Å². The van der Waals surface area contributed by atoms with E-state index in [-0.39, 0.29) is 18.6 Å². The Balaban J connectivity index is 1.80. The second-order valence-electron chi connectivity index (χ2n) is 5.15. The van der Waals surface area contributed by atoms with Gasteiger partial charge < -0.3 is 15.2 Å². The lowest BCUT2D eigenvalue weighted by Gasteiger charge is -2.17. The number of ether oxygens (including phenoxy) is 1. The van der Waals surface area contributed by atoms with Crippen molar-refractivity contribution in [1.29, 1.82) is 0 Å². The summed E-state index contributed by atoms with van der Waals surface area (Å²) in [6.07, 6.45) is 2.17. The average Bonchev–Trinajstić information content (AvgIpc) is 2.86. The number of hydrogen-bond donors (Lipinski definition) is 2. The molecule has 2 atom stereocenters. The Morgan fingerprint density at radius 1 is 1.30 bits per heavy atom. The normalized spacial score (nSPS) is 21.4. The third-order valence-corrected chi connectivity index (χ3v) is 3.57. The second-order valence-corrected chi connectivity index (χ2v) is 5.15. The highest BCUT2D eigenvalue weighted by Crippen LogP contribution is 2.25. The summed E-state index contributed by atoms with van der Waals surface area (Å²) in [5.74, 6) is -0.957. The van der Waals surface area contributed by atoms with E-state index < -0.39 is 11.9 Å². The molecule has 0 bridgehead atoms. The Hall–Kier alpha value is -2.04. The van der Waals surface area contributed by atoms with Crippen molar-refractivity contribution in [3.63, 3.8) is 0 Å². The molecule has 0 heterocycles. The molecule has 0 saturated heterocycles. The number of carboxylic acid groups (broad SMARTS) is 1. The van der Waals surface area contributed by atoms with E-state index in [0.29, 0.717) is 18.6 Å². The molecule has 5 nitrogen and oxygen atoms in total. The maximum absolute atomic E-state index is 11.8. The Labute approximate surface area is 117 Å². The Kier molecular flexibility index (Phi) is 4.61. The number of aliphatic carboxylic acids is 1. The number of carbonyl (C=O) groups is 2. The smallest absolute Gasteiger partial charge is 0.308 e. The number of benzene rings is 1. The zero-order valence-corrected chi connectivity index (χ0v) is 11.5. The molecule has 1 aromatic carbocycles. The van der Waals surface area contributed by atoms with E-state index in [1.54, 1.807) is 12.1 Å². The molecule has 0 unspecified atom stereocenters. The molecule has 2 N–H and O–H groups in total. The minimum Gasteiger partial charge on any atom is -0.484 e. The van der Waals surface area contributed by atoms with Gasteiger partial charge >= 0.3 is 5.97 Å². The van der Waals surface area contributed by atoms with E-state index in [4.69, 9.17) is 9.84 Å². The van der Waals surface area contributed by atoms with Crippen LogP contribution in [0.1, 0.15) is 24.8 Å². The van der Waals surface area contributed by atoms with Crippen molar-refractivity contribution in [2.75, 3.05) is 6.61 Å². The Morgan fingerprint density at radius 2 is 2.00 bits per heavy atom. The minimum absolute atomic E-state index is 0.0914. The van der Waals surface area contributed by atoms with Crippen LogP contribution in [0.15, 0.2) is 24.3 Å². The van der Waals surface area contributed by atoms with Crippen LogP contribution in [0.25, 0.3) is 0 Å². The molecule has 2 rings (SSSR count). The van der Waals surface area contributed by atoms with Gasteiger partial charge in [0, 0.05) is 6.04 Å². The summed E-state index contributed by atoms with van der Waals surface area (Å²) in [5, 5.41) is 11.8. The second kappa shape index (κ2) is 6.41. The molecule has 108 valence electrons. The van der Waals surface area contributed by atoms with Crippen LogP contribution in [0.5, 0.6) is 5.75 Å². The van der Waals surface area contributed by atoms with Crippen LogP contribution < -0.4 is 10.1 Å². The number of nitrogens with one attached hydrogen (secondary N) is 1. The monoisotopic (exact) mass is 277 g/mol. The van der Waals surface area contributed by atoms with Crippen molar-refractivity contribution in [1.82, 2.24) is 5.32 Å². The Morgan fingerprint density at radius 3 is 2.65 bits per heavy atom. The van der Waals surface area contributed by atoms with E-state index in [1.165, 1.54) is 0 Å². The molecule has 1 fully saturated rings. The van der Waals surface area contributed by atoms with Gasteiger partial charge in [0.2, 0.25) is 0 Å². The van der Waals surface area contributed by atoms with E-state index in [1.807, 2.05) is 19.1 Å². The zero-order chi connectivity index (χ0) is 14.5. The molecular weight excluding hydrogens is 258 g/mol. The van der Waals surface area contributed by atoms with Crippen molar-refractivity contribution >= 4 is 11.9 Å². The maximum Gasteiger partial charge on any atom is 0.308 e. The topological polar surface area (TPSA) is 75.6 Å². The van der Waals surface area contributed by atoms with Crippen LogP contribution in [0.4, 0.5) is 0 Å². The van der Waals surface area contributed by atoms with Gasteiger partial charge in [0.25, 0.3) is 5.91 Å². The standard InChI is InChI=1S/C15H19NO4/c1-10-5-7-11(8-6-10)20-9-14(17)16-13-4-2-3-12(13)15(18)19/h5-8,12-13H,2-4,9H2,1H3,(H,16,17)(H,18,19)/t12-,13+/m0/s1. The molecule has 1 aliphatic rings. The first kappa shape index (κ1) is 14.4. The van der Waals surface area contributed by atoms with Gasteiger partial charge in [-0.2, -0.15) is 0 Å². The molecule has 1 aliphatic carbocycles. The van der Waals surface area contributed by atoms with E-state index in [0.717, 1.165) is 12.0 Å². The summed E-state index contributed by atoms with van der Waals surface area (Å²) in [6.45, 7) is 1.88. The fourth-order valence-electron chi connectivity index (χ4n) is 2.46. The minimum atomic E-state index is -0.841. The first-order chi connectivity index (χ1) is 9.56. The van der Waals surface area contributed by atoms with Crippen LogP contribution >= 0.6 is 0 Å². The van der Waals surface area contributed by atoms with Crippen LogP contribution in [-0.2, 0) is 9.59 Å². The summed E-state index contributed by atoms with van der Waals surface area (Å²) in [7, 11) is 0. The van der Waals surface area contributed by atoms with E-state index in [2.05, 4.69) is 5.32 Å². The number of rotatable bonds is 5. The quantitative estimate of drug-likeness (QED) is 0.859. The van der Waals surface area contributed by atoms with Crippen LogP contribution in [0, 0.1) is 12.8 Å². The van der Waals surface area contributed by atoms with Gasteiger partial charge in [0.15, 0.2) is 6.61 Å². The van der Waals surface area contributed by atoms with Gasteiger partial charge in [-0.25, -0.2) is 0 Å². The fraction of sp³-hybridized carbons (Fsp3) is 0.467. The first-order valence-corrected chi connectivity index (χ1v) is 6.78. The fourth-order valence-corrected chi connectivity index (χ4v) is 2.46. The summed E-state index contributed by atoms with van der Waals surface area (Å²) in [4.78, 5) is 22.8. The third kappa shape index (κ3) is 3.73. The average molecular weight is 277 g/mol. The molecule has 0 aromatic heterocycles. The van der Waals surface area contributed by atoms with Crippen molar-refractivity contribution in [2.24, 2.45) is 5.92 Å². The molecule has 0 aliphatic heterocycles. The summed E-state index contributed by atoms with van der Waals surface area (Å²) < 4.78 is 5.37. The SMILES string of the molecule is Cc1ccc(OCC(=O)N[C@@H]2CCC[C@@H]2C(=O)O)cc1. The van der Waals surface area contributed by atoms with Gasteiger partial charge in [-0.3, -0.25) is 9.59 Å². The van der Waals surface area contributed by atoms with Crippen molar-refractivity contribution in [2.45, 2.75) is 32.2 Å². The highest BCUT2D eigenvalue weighted by molar-refractivity contribution is 5.79. The van der Waals surface area contributed by atoms with E-state index in [9.17, 15) is 9.59 Å². The predicted molar refractivity (Wildman–Crippen MR) is 73.6 cm³/mol. The predicted octanol–water partition coefficient (Wildman–Crippen LogP) is 1.74. The Bertz CT molecular complexity index is 483. The molecule has 0 radical (unpaired) electrons. The largest absolute Gasteiger partial charge is 0.484 e. The summed E-state index contributed by atoms with van der Waals surface area (Å²) >= 11 is 0. The highest BCUT2D eigenvalue weighted by atomic mass is 16.5. The summed E-state index contributed by atoms with van der Waals surface area (Å²) in [5.41, 5.74) is 1.12. The van der Waals surface area contributed by atoms with Gasteiger partial charge in [0.05, 0.1) is 5.92 Å². The first-order valence-electron chi connectivity index (χ1n) is 6.78. The highest BCUT2D eigenvalue weighted by Gasteiger charge is 2.33. The summed E-state index contributed by atoms with van der Waals surface area (Å²) in [6, 6.07) is 7.15. The van der Waals surface area contributed by atoms with Crippen molar-refractivity contribution < 1.29 is 19.4 Å². The van der Waals surface area contributed by atoms with Gasteiger partial charge in [-0.05, 0) is 31.9 Å². The maximum atomic E-state index is 11.8. The number of carboxylic acids is 1.